The van der Waals surface area contributed by atoms with Crippen molar-refractivity contribution in [2.75, 3.05) is 0 Å². The Morgan fingerprint density at radius 1 is 1.41 bits per heavy atom. The van der Waals surface area contributed by atoms with Crippen molar-refractivity contribution in [3.05, 3.63) is 12.7 Å². The van der Waals surface area contributed by atoms with Gasteiger partial charge in [-0.2, -0.15) is 0 Å². The summed E-state index contributed by atoms with van der Waals surface area (Å²) in [6, 6.07) is 0. The summed E-state index contributed by atoms with van der Waals surface area (Å²) < 4.78 is 5.51. The molecule has 0 heterocycles. The van der Waals surface area contributed by atoms with Crippen LogP contribution in [0.5, 0.6) is 0 Å². The first-order chi connectivity index (χ1) is 10.2. The van der Waals surface area contributed by atoms with Gasteiger partial charge < -0.3 is 9.84 Å². The van der Waals surface area contributed by atoms with E-state index in [0.29, 0.717) is 38.5 Å². The van der Waals surface area contributed by atoms with Gasteiger partial charge in [0.25, 0.3) is 0 Å². The highest BCUT2D eigenvalue weighted by Gasteiger charge is 2.63. The molecule has 0 aliphatic heterocycles. The summed E-state index contributed by atoms with van der Waals surface area (Å²) >= 11 is 0. The zero-order valence-electron chi connectivity index (χ0n) is 14.0. The normalized spacial score (nSPS) is 35.6. The van der Waals surface area contributed by atoms with Crippen molar-refractivity contribution in [2.24, 2.45) is 11.3 Å². The fourth-order valence-electron chi connectivity index (χ4n) is 4.27. The number of hydrogen-bond donors (Lipinski definition) is 1. The van der Waals surface area contributed by atoms with E-state index in [1.165, 1.54) is 0 Å². The molecule has 0 unspecified atom stereocenters. The van der Waals surface area contributed by atoms with E-state index in [4.69, 9.17) is 4.74 Å². The predicted octanol–water partition coefficient (Wildman–Crippen LogP) is 3.17. The minimum atomic E-state index is -1.29. The first-order valence-corrected chi connectivity index (χ1v) is 8.26. The molecule has 0 saturated heterocycles. The van der Waals surface area contributed by atoms with Crippen molar-refractivity contribution in [3.8, 4) is 0 Å². The second kappa shape index (κ2) is 5.80. The smallest absolute Gasteiger partial charge is 0.312 e. The summed E-state index contributed by atoms with van der Waals surface area (Å²) in [6.45, 7) is 9.22. The summed E-state index contributed by atoms with van der Waals surface area (Å²) in [5, 5.41) is 11.4. The first kappa shape index (κ1) is 17.2. The Bertz CT molecular complexity index is 476. The summed E-state index contributed by atoms with van der Waals surface area (Å²) in [4.78, 5) is 25.2. The monoisotopic (exact) mass is 308 g/mol. The Morgan fingerprint density at radius 3 is 2.68 bits per heavy atom. The molecule has 0 amide bonds. The van der Waals surface area contributed by atoms with Gasteiger partial charge in [0.2, 0.25) is 0 Å². The van der Waals surface area contributed by atoms with Crippen LogP contribution in [-0.2, 0) is 14.3 Å². The summed E-state index contributed by atoms with van der Waals surface area (Å²) in [5.41, 5.74) is -2.74. The van der Waals surface area contributed by atoms with Crippen molar-refractivity contribution in [1.29, 1.82) is 0 Å². The van der Waals surface area contributed by atoms with Gasteiger partial charge in [0.15, 0.2) is 0 Å². The van der Waals surface area contributed by atoms with Crippen LogP contribution in [0.4, 0.5) is 0 Å². The minimum Gasteiger partial charge on any atom is -0.460 e. The van der Waals surface area contributed by atoms with E-state index in [9.17, 15) is 14.7 Å². The summed E-state index contributed by atoms with van der Waals surface area (Å²) in [6.07, 6.45) is 5.70. The number of fused-ring (bicyclic) bond motifs is 1. The van der Waals surface area contributed by atoms with Gasteiger partial charge in [0.05, 0.1) is 16.9 Å². The lowest BCUT2D eigenvalue weighted by Gasteiger charge is -2.55. The number of hydrogen-bond acceptors (Lipinski definition) is 4. The highest BCUT2D eigenvalue weighted by Crippen LogP contribution is 2.56. The lowest BCUT2D eigenvalue weighted by atomic mass is 9.51. The molecule has 4 heteroatoms. The van der Waals surface area contributed by atoms with Gasteiger partial charge in [-0.1, -0.05) is 12.5 Å². The van der Waals surface area contributed by atoms with Gasteiger partial charge in [-0.3, -0.25) is 9.59 Å². The van der Waals surface area contributed by atoms with Crippen molar-refractivity contribution < 1.29 is 19.4 Å². The molecule has 0 aromatic heterocycles. The number of Topliss-reactive ketones (excluding diaryl/α,β-unsaturated/α-hetero) is 1. The second-order valence-corrected chi connectivity index (χ2v) is 7.75. The average Bonchev–Trinajstić information content (AvgIpc) is 2.38. The Morgan fingerprint density at radius 2 is 2.09 bits per heavy atom. The second-order valence-electron chi connectivity index (χ2n) is 7.75. The maximum atomic E-state index is 12.6. The van der Waals surface area contributed by atoms with Crippen LogP contribution in [0.15, 0.2) is 12.7 Å². The maximum Gasteiger partial charge on any atom is 0.312 e. The number of rotatable bonds is 3. The van der Waals surface area contributed by atoms with Gasteiger partial charge in [-0.05, 0) is 52.9 Å². The molecule has 1 N–H and O–H groups in total. The summed E-state index contributed by atoms with van der Waals surface area (Å²) in [5.74, 6) is -0.920. The molecule has 2 saturated carbocycles. The third-order valence-corrected chi connectivity index (χ3v) is 5.18. The number of ether oxygens (including phenoxy) is 1. The van der Waals surface area contributed by atoms with Crippen molar-refractivity contribution >= 4 is 11.8 Å². The number of carbonyl (C=O) groups excluding carboxylic acids is 2. The lowest BCUT2D eigenvalue weighted by Crippen LogP contribution is -2.63. The van der Waals surface area contributed by atoms with Crippen LogP contribution in [0.25, 0.3) is 0 Å². The van der Waals surface area contributed by atoms with Gasteiger partial charge in [-0.15, -0.1) is 6.58 Å². The van der Waals surface area contributed by atoms with Crippen LogP contribution in [0.1, 0.15) is 65.7 Å². The minimum absolute atomic E-state index is 0.0782. The molecule has 0 aromatic carbocycles. The molecule has 22 heavy (non-hydrogen) atoms. The Labute approximate surface area is 132 Å². The predicted molar refractivity (Wildman–Crippen MR) is 84.2 cm³/mol. The molecule has 2 aliphatic carbocycles. The fraction of sp³-hybridized carbons (Fsp3) is 0.778. The van der Waals surface area contributed by atoms with Crippen LogP contribution in [0, 0.1) is 11.3 Å². The van der Waals surface area contributed by atoms with Crippen molar-refractivity contribution in [1.82, 2.24) is 0 Å². The number of esters is 1. The standard InChI is InChI=1S/C18H28O4/c1-5-10-17-11-6-8-13(15(20)22-16(2,3)4)18(17,21)12-7-9-14(17)19/h5,13,21H,1,6-12H2,2-4H3/t13-,17+,18-/m1/s1. The SMILES string of the molecule is C=CC[C@@]12CCC[C@H](C(=O)OC(C)(C)C)[C@]1(O)CCCC2=O. The number of carbonyl (C=O) groups is 2. The summed E-state index contributed by atoms with van der Waals surface area (Å²) in [7, 11) is 0. The molecule has 3 atom stereocenters. The van der Waals surface area contributed by atoms with Crippen molar-refractivity contribution in [3.63, 3.8) is 0 Å². The quantitative estimate of drug-likeness (QED) is 0.642. The van der Waals surface area contributed by atoms with Crippen LogP contribution in [0.2, 0.25) is 0 Å². The zero-order chi connectivity index (χ0) is 16.6. The number of aliphatic hydroxyl groups is 1. The fourth-order valence-corrected chi connectivity index (χ4v) is 4.27. The van der Waals surface area contributed by atoms with E-state index >= 15 is 0 Å². The third-order valence-electron chi connectivity index (χ3n) is 5.18. The molecular formula is C18H28O4. The molecule has 0 aromatic rings. The van der Waals surface area contributed by atoms with Crippen LogP contribution in [0.3, 0.4) is 0 Å². The van der Waals surface area contributed by atoms with Gasteiger partial charge >= 0.3 is 5.97 Å². The van der Waals surface area contributed by atoms with E-state index in [1.807, 2.05) is 20.8 Å². The van der Waals surface area contributed by atoms with Gasteiger partial charge in [0, 0.05) is 6.42 Å². The van der Waals surface area contributed by atoms with Gasteiger partial charge in [0.1, 0.15) is 11.4 Å². The van der Waals surface area contributed by atoms with E-state index in [0.717, 1.165) is 6.42 Å². The zero-order valence-corrected chi connectivity index (χ0v) is 14.0. The van der Waals surface area contributed by atoms with E-state index in [1.54, 1.807) is 6.08 Å². The largest absolute Gasteiger partial charge is 0.460 e. The molecule has 0 bridgehead atoms. The number of allylic oxidation sites excluding steroid dienone is 1. The Kier molecular flexibility index (Phi) is 4.54. The third kappa shape index (κ3) is 2.73. The average molecular weight is 308 g/mol. The van der Waals surface area contributed by atoms with Crippen LogP contribution < -0.4 is 0 Å². The molecule has 0 radical (unpaired) electrons. The molecule has 124 valence electrons. The number of ketones is 1. The molecule has 2 aliphatic rings. The Hall–Kier alpha value is -1.16. The van der Waals surface area contributed by atoms with E-state index in [2.05, 4.69) is 6.58 Å². The molecule has 4 nitrogen and oxygen atoms in total. The first-order valence-electron chi connectivity index (χ1n) is 8.26. The van der Waals surface area contributed by atoms with Crippen LogP contribution in [-0.4, -0.2) is 28.1 Å². The highest BCUT2D eigenvalue weighted by atomic mass is 16.6. The van der Waals surface area contributed by atoms with E-state index in [-0.39, 0.29) is 11.8 Å². The molecular weight excluding hydrogens is 280 g/mol. The van der Waals surface area contributed by atoms with Crippen LogP contribution >= 0.6 is 0 Å². The van der Waals surface area contributed by atoms with E-state index < -0.39 is 22.5 Å². The lowest BCUT2D eigenvalue weighted by molar-refractivity contribution is -0.203. The van der Waals surface area contributed by atoms with Crippen molar-refractivity contribution in [2.45, 2.75) is 76.9 Å². The highest BCUT2D eigenvalue weighted by molar-refractivity contribution is 5.89. The molecule has 0 spiro atoms. The van der Waals surface area contributed by atoms with Gasteiger partial charge in [-0.25, -0.2) is 0 Å². The topological polar surface area (TPSA) is 63.6 Å². The maximum absolute atomic E-state index is 12.6. The molecule has 2 rings (SSSR count). The Balaban J connectivity index is 2.38. The molecule has 2 fully saturated rings.